The fourth-order valence-electron chi connectivity index (χ4n) is 2.56. The van der Waals surface area contributed by atoms with Gasteiger partial charge in [0.25, 0.3) is 0 Å². The number of halogens is 1. The first-order valence-electron chi connectivity index (χ1n) is 6.33. The lowest BCUT2D eigenvalue weighted by molar-refractivity contribution is 0.262. The average Bonchev–Trinajstić information content (AvgIpc) is 2.40. The summed E-state index contributed by atoms with van der Waals surface area (Å²) in [6.45, 7) is 1.27. The Kier molecular flexibility index (Phi) is 4.62. The lowest BCUT2D eigenvalue weighted by atomic mass is 9.98. The molecule has 0 spiro atoms. The zero-order chi connectivity index (χ0) is 13.0. The Balaban J connectivity index is 2.23. The number of aliphatic hydroxyl groups excluding tert-OH is 1. The molecule has 1 unspecified atom stereocenters. The second kappa shape index (κ2) is 6.21. The number of nitrogens with zero attached hydrogens (tertiary/aromatic N) is 2. The first kappa shape index (κ1) is 13.4. The molecule has 1 heterocycles. The lowest BCUT2D eigenvalue weighted by Gasteiger charge is -2.37. The van der Waals surface area contributed by atoms with Crippen molar-refractivity contribution >= 4 is 21.6 Å². The van der Waals surface area contributed by atoms with E-state index >= 15 is 0 Å². The third kappa shape index (κ3) is 2.85. The van der Waals surface area contributed by atoms with Crippen LogP contribution in [0, 0.1) is 11.3 Å². The van der Waals surface area contributed by atoms with Gasteiger partial charge in [-0.1, -0.05) is 0 Å². The van der Waals surface area contributed by atoms with Crippen LogP contribution in [0.25, 0.3) is 0 Å². The van der Waals surface area contributed by atoms with Gasteiger partial charge >= 0.3 is 0 Å². The Labute approximate surface area is 116 Å². The van der Waals surface area contributed by atoms with Gasteiger partial charge in [0.2, 0.25) is 0 Å². The minimum atomic E-state index is 0.235. The Bertz CT molecular complexity index is 454. The molecule has 0 radical (unpaired) electrons. The van der Waals surface area contributed by atoms with Crippen molar-refractivity contribution < 1.29 is 5.11 Å². The number of benzene rings is 1. The molecule has 1 aromatic rings. The second-order valence-electron chi connectivity index (χ2n) is 4.63. The molecule has 0 bridgehead atoms. The Morgan fingerprint density at radius 3 is 2.94 bits per heavy atom. The van der Waals surface area contributed by atoms with Gasteiger partial charge in [-0.15, -0.1) is 0 Å². The highest BCUT2D eigenvalue weighted by molar-refractivity contribution is 9.10. The van der Waals surface area contributed by atoms with Gasteiger partial charge in [0.05, 0.1) is 5.56 Å². The first-order chi connectivity index (χ1) is 8.76. The summed E-state index contributed by atoms with van der Waals surface area (Å²) < 4.78 is 0.843. The molecule has 0 aliphatic carbocycles. The molecule has 4 heteroatoms. The van der Waals surface area contributed by atoms with Crippen LogP contribution in [0.4, 0.5) is 5.69 Å². The maximum absolute atomic E-state index is 9.14. The second-order valence-corrected chi connectivity index (χ2v) is 5.49. The van der Waals surface area contributed by atoms with Crippen molar-refractivity contribution in [1.82, 2.24) is 0 Å². The topological polar surface area (TPSA) is 47.3 Å². The van der Waals surface area contributed by atoms with Crippen LogP contribution in [0.2, 0.25) is 0 Å². The molecule has 0 amide bonds. The van der Waals surface area contributed by atoms with Crippen molar-refractivity contribution in [3.8, 4) is 6.07 Å². The van der Waals surface area contributed by atoms with Gasteiger partial charge in [0, 0.05) is 29.4 Å². The summed E-state index contributed by atoms with van der Waals surface area (Å²) in [5.41, 5.74) is 1.80. The largest absolute Gasteiger partial charge is 0.396 e. The summed E-state index contributed by atoms with van der Waals surface area (Å²) in [6, 6.07) is 8.43. The predicted octanol–water partition coefficient (Wildman–Crippen LogP) is 3.06. The molecule has 3 nitrogen and oxygen atoms in total. The zero-order valence-electron chi connectivity index (χ0n) is 10.3. The molecule has 1 saturated heterocycles. The quantitative estimate of drug-likeness (QED) is 0.933. The SMILES string of the molecule is N#Cc1ccc(N2CCCCC2CCO)cc1Br. The summed E-state index contributed by atoms with van der Waals surface area (Å²) in [5, 5.41) is 18.1. The average molecular weight is 309 g/mol. The van der Waals surface area contributed by atoms with Gasteiger partial charge < -0.3 is 10.0 Å². The van der Waals surface area contributed by atoms with E-state index in [1.165, 1.54) is 12.8 Å². The summed E-state index contributed by atoms with van der Waals surface area (Å²) in [4.78, 5) is 2.35. The molecular formula is C14H17BrN2O. The Hall–Kier alpha value is -1.05. The van der Waals surface area contributed by atoms with Crippen LogP contribution in [-0.4, -0.2) is 24.3 Å². The highest BCUT2D eigenvalue weighted by atomic mass is 79.9. The van der Waals surface area contributed by atoms with E-state index in [0.717, 1.165) is 29.5 Å². The van der Waals surface area contributed by atoms with Gasteiger partial charge in [-0.3, -0.25) is 0 Å². The molecule has 1 aliphatic heterocycles. The molecule has 1 N–H and O–H groups in total. The van der Waals surface area contributed by atoms with Crippen molar-refractivity contribution in [2.75, 3.05) is 18.1 Å². The molecule has 96 valence electrons. The molecule has 18 heavy (non-hydrogen) atoms. The van der Waals surface area contributed by atoms with E-state index in [2.05, 4.69) is 26.9 Å². The van der Waals surface area contributed by atoms with Crippen LogP contribution in [-0.2, 0) is 0 Å². The Morgan fingerprint density at radius 2 is 2.28 bits per heavy atom. The normalized spacial score (nSPS) is 19.6. The van der Waals surface area contributed by atoms with E-state index in [1.54, 1.807) is 0 Å². The number of hydrogen-bond acceptors (Lipinski definition) is 3. The lowest BCUT2D eigenvalue weighted by Crippen LogP contribution is -2.40. The van der Waals surface area contributed by atoms with Crippen LogP contribution in [0.15, 0.2) is 22.7 Å². The van der Waals surface area contributed by atoms with Gasteiger partial charge in [-0.05, 0) is 59.8 Å². The maximum atomic E-state index is 9.14. The number of anilines is 1. The standard InChI is InChI=1S/C14H17BrN2O/c15-14-9-13(5-4-11(14)10-16)17-7-2-1-3-12(17)6-8-18/h4-5,9,12,18H,1-3,6-8H2. The monoisotopic (exact) mass is 308 g/mol. The predicted molar refractivity (Wildman–Crippen MR) is 75.5 cm³/mol. The molecule has 2 rings (SSSR count). The third-order valence-corrected chi connectivity index (χ3v) is 4.15. The molecular weight excluding hydrogens is 292 g/mol. The molecule has 0 saturated carbocycles. The fraction of sp³-hybridized carbons (Fsp3) is 0.500. The van der Waals surface area contributed by atoms with E-state index in [4.69, 9.17) is 10.4 Å². The zero-order valence-corrected chi connectivity index (χ0v) is 11.9. The fourth-order valence-corrected chi connectivity index (χ4v) is 3.02. The van der Waals surface area contributed by atoms with Crippen LogP contribution in [0.1, 0.15) is 31.2 Å². The van der Waals surface area contributed by atoms with Crippen molar-refractivity contribution in [2.24, 2.45) is 0 Å². The van der Waals surface area contributed by atoms with E-state index < -0.39 is 0 Å². The molecule has 1 atom stereocenters. The smallest absolute Gasteiger partial charge is 0.100 e. The molecule has 0 aromatic heterocycles. The number of rotatable bonds is 3. The van der Waals surface area contributed by atoms with E-state index in [1.807, 2.05) is 18.2 Å². The van der Waals surface area contributed by atoms with E-state index in [9.17, 15) is 0 Å². The summed E-state index contributed by atoms with van der Waals surface area (Å²) in [7, 11) is 0. The Morgan fingerprint density at radius 1 is 1.44 bits per heavy atom. The van der Waals surface area contributed by atoms with Crippen molar-refractivity contribution in [1.29, 1.82) is 5.26 Å². The van der Waals surface area contributed by atoms with Crippen LogP contribution < -0.4 is 4.90 Å². The number of piperidine rings is 1. The highest BCUT2D eigenvalue weighted by Crippen LogP contribution is 2.29. The molecule has 1 fully saturated rings. The van der Waals surface area contributed by atoms with Crippen LogP contribution in [0.5, 0.6) is 0 Å². The van der Waals surface area contributed by atoms with Gasteiger partial charge in [-0.25, -0.2) is 0 Å². The van der Waals surface area contributed by atoms with Gasteiger partial charge in [0.15, 0.2) is 0 Å². The van der Waals surface area contributed by atoms with E-state index in [0.29, 0.717) is 11.6 Å². The number of aliphatic hydroxyl groups is 1. The third-order valence-electron chi connectivity index (χ3n) is 3.49. The van der Waals surface area contributed by atoms with Gasteiger partial charge in [0.1, 0.15) is 6.07 Å². The highest BCUT2D eigenvalue weighted by Gasteiger charge is 2.22. The summed E-state index contributed by atoms with van der Waals surface area (Å²) in [5.74, 6) is 0. The summed E-state index contributed by atoms with van der Waals surface area (Å²) in [6.07, 6.45) is 4.38. The van der Waals surface area contributed by atoms with Crippen molar-refractivity contribution in [3.05, 3.63) is 28.2 Å². The summed E-state index contributed by atoms with van der Waals surface area (Å²) >= 11 is 3.43. The van der Waals surface area contributed by atoms with Gasteiger partial charge in [-0.2, -0.15) is 5.26 Å². The van der Waals surface area contributed by atoms with Crippen LogP contribution in [0.3, 0.4) is 0 Å². The number of nitriles is 1. The molecule has 1 aliphatic rings. The number of hydrogen-bond donors (Lipinski definition) is 1. The van der Waals surface area contributed by atoms with Crippen molar-refractivity contribution in [2.45, 2.75) is 31.7 Å². The maximum Gasteiger partial charge on any atom is 0.100 e. The minimum Gasteiger partial charge on any atom is -0.396 e. The minimum absolute atomic E-state index is 0.235. The first-order valence-corrected chi connectivity index (χ1v) is 7.12. The molecule has 1 aromatic carbocycles. The van der Waals surface area contributed by atoms with Crippen molar-refractivity contribution in [3.63, 3.8) is 0 Å². The van der Waals surface area contributed by atoms with Crippen LogP contribution >= 0.6 is 15.9 Å². The van der Waals surface area contributed by atoms with E-state index in [-0.39, 0.29) is 6.61 Å².